The molecule has 0 saturated carbocycles. The first-order chi connectivity index (χ1) is 9.88. The SMILES string of the molecule is CCNC1c2ccccc2CCC1Sc1ccncc1. The van der Waals surface area contributed by atoms with Gasteiger partial charge in [0.15, 0.2) is 0 Å². The molecule has 2 aromatic rings. The number of rotatable bonds is 4. The molecule has 0 aliphatic heterocycles. The molecule has 1 aliphatic carbocycles. The summed E-state index contributed by atoms with van der Waals surface area (Å²) in [4.78, 5) is 5.41. The van der Waals surface area contributed by atoms with Gasteiger partial charge >= 0.3 is 0 Å². The Morgan fingerprint density at radius 1 is 1.20 bits per heavy atom. The van der Waals surface area contributed by atoms with Crippen LogP contribution >= 0.6 is 11.8 Å². The second kappa shape index (κ2) is 6.42. The first-order valence-electron chi connectivity index (χ1n) is 7.26. The summed E-state index contributed by atoms with van der Waals surface area (Å²) in [6, 6.07) is 13.5. The number of aromatic nitrogens is 1. The van der Waals surface area contributed by atoms with Crippen LogP contribution in [-0.4, -0.2) is 16.8 Å². The van der Waals surface area contributed by atoms with E-state index in [0.717, 1.165) is 6.54 Å². The lowest BCUT2D eigenvalue weighted by molar-refractivity contribution is 0.484. The van der Waals surface area contributed by atoms with Crippen LogP contribution in [0.15, 0.2) is 53.7 Å². The third kappa shape index (κ3) is 2.89. The predicted molar refractivity (Wildman–Crippen MR) is 85.1 cm³/mol. The van der Waals surface area contributed by atoms with Crippen molar-refractivity contribution in [3.8, 4) is 0 Å². The molecule has 0 bridgehead atoms. The Hall–Kier alpha value is -1.32. The summed E-state index contributed by atoms with van der Waals surface area (Å²) in [7, 11) is 0. The van der Waals surface area contributed by atoms with Crippen LogP contribution in [-0.2, 0) is 6.42 Å². The largest absolute Gasteiger partial charge is 0.309 e. The molecule has 1 heterocycles. The molecule has 2 nitrogen and oxygen atoms in total. The minimum absolute atomic E-state index is 0.447. The third-order valence-electron chi connectivity index (χ3n) is 3.82. The maximum atomic E-state index is 4.10. The van der Waals surface area contributed by atoms with Crippen molar-refractivity contribution in [2.75, 3.05) is 6.54 Å². The van der Waals surface area contributed by atoms with Gasteiger partial charge in [0, 0.05) is 28.6 Å². The summed E-state index contributed by atoms with van der Waals surface area (Å²) in [6.07, 6.45) is 6.16. The number of hydrogen-bond donors (Lipinski definition) is 1. The van der Waals surface area contributed by atoms with E-state index in [-0.39, 0.29) is 0 Å². The molecule has 3 heteroatoms. The summed E-state index contributed by atoms with van der Waals surface area (Å²) in [5, 5.41) is 4.26. The second-order valence-corrected chi connectivity index (χ2v) is 6.42. The topological polar surface area (TPSA) is 24.9 Å². The number of nitrogens with one attached hydrogen (secondary N) is 1. The van der Waals surface area contributed by atoms with Crippen molar-refractivity contribution in [1.29, 1.82) is 0 Å². The fourth-order valence-corrected chi connectivity index (χ4v) is 4.15. The predicted octanol–water partition coefficient (Wildman–Crippen LogP) is 3.84. The summed E-state index contributed by atoms with van der Waals surface area (Å²) >= 11 is 1.97. The number of hydrogen-bond acceptors (Lipinski definition) is 3. The van der Waals surface area contributed by atoms with Gasteiger partial charge in [0.05, 0.1) is 0 Å². The minimum atomic E-state index is 0.447. The van der Waals surface area contributed by atoms with E-state index in [1.807, 2.05) is 24.2 Å². The number of aryl methyl sites for hydroxylation is 1. The van der Waals surface area contributed by atoms with Gasteiger partial charge in [-0.3, -0.25) is 4.98 Å². The first-order valence-corrected chi connectivity index (χ1v) is 8.14. The number of thioether (sulfide) groups is 1. The van der Waals surface area contributed by atoms with Crippen LogP contribution in [0, 0.1) is 0 Å². The molecule has 104 valence electrons. The van der Waals surface area contributed by atoms with Crippen LogP contribution in [0.4, 0.5) is 0 Å². The van der Waals surface area contributed by atoms with Crippen LogP contribution in [0.2, 0.25) is 0 Å². The molecule has 3 rings (SSSR count). The smallest absolute Gasteiger partial charge is 0.0446 e. The zero-order chi connectivity index (χ0) is 13.8. The molecule has 1 aromatic heterocycles. The Balaban J connectivity index is 1.84. The van der Waals surface area contributed by atoms with Gasteiger partial charge in [-0.25, -0.2) is 0 Å². The quantitative estimate of drug-likeness (QED) is 0.923. The Bertz CT molecular complexity index is 556. The Morgan fingerprint density at radius 3 is 2.80 bits per heavy atom. The lowest BCUT2D eigenvalue weighted by atomic mass is 9.87. The molecule has 0 saturated heterocycles. The average Bonchev–Trinajstić information content (AvgIpc) is 2.51. The molecule has 2 atom stereocenters. The van der Waals surface area contributed by atoms with E-state index < -0.39 is 0 Å². The molecule has 1 N–H and O–H groups in total. The monoisotopic (exact) mass is 284 g/mol. The average molecular weight is 284 g/mol. The van der Waals surface area contributed by atoms with Crippen LogP contribution in [0.25, 0.3) is 0 Å². The van der Waals surface area contributed by atoms with Crippen molar-refractivity contribution in [2.24, 2.45) is 0 Å². The van der Waals surface area contributed by atoms with Crippen molar-refractivity contribution in [2.45, 2.75) is 36.0 Å². The Morgan fingerprint density at radius 2 is 2.00 bits per heavy atom. The molecule has 1 aromatic carbocycles. The summed E-state index contributed by atoms with van der Waals surface area (Å²) in [5.74, 6) is 0. The first kappa shape index (κ1) is 13.7. The van der Waals surface area contributed by atoms with E-state index in [0.29, 0.717) is 11.3 Å². The second-order valence-electron chi connectivity index (χ2n) is 5.11. The number of nitrogens with zero attached hydrogens (tertiary/aromatic N) is 1. The van der Waals surface area contributed by atoms with Gasteiger partial charge < -0.3 is 5.32 Å². The normalized spacial score (nSPS) is 21.4. The van der Waals surface area contributed by atoms with E-state index in [2.05, 4.69) is 53.6 Å². The van der Waals surface area contributed by atoms with Gasteiger partial charge in [0.2, 0.25) is 0 Å². The third-order valence-corrected chi connectivity index (χ3v) is 5.18. The van der Waals surface area contributed by atoms with Gasteiger partial charge in [-0.05, 0) is 42.6 Å². The number of fused-ring (bicyclic) bond motifs is 1. The van der Waals surface area contributed by atoms with Crippen molar-refractivity contribution in [1.82, 2.24) is 10.3 Å². The molecular weight excluding hydrogens is 264 g/mol. The molecule has 0 fully saturated rings. The molecule has 20 heavy (non-hydrogen) atoms. The van der Waals surface area contributed by atoms with E-state index in [4.69, 9.17) is 0 Å². The van der Waals surface area contributed by atoms with Crippen LogP contribution in [0.5, 0.6) is 0 Å². The summed E-state index contributed by atoms with van der Waals surface area (Å²) < 4.78 is 0. The van der Waals surface area contributed by atoms with Crippen molar-refractivity contribution >= 4 is 11.8 Å². The van der Waals surface area contributed by atoms with Gasteiger partial charge in [0.25, 0.3) is 0 Å². The number of pyridine rings is 1. The highest BCUT2D eigenvalue weighted by atomic mass is 32.2. The number of benzene rings is 1. The summed E-state index contributed by atoms with van der Waals surface area (Å²) in [6.45, 7) is 3.19. The maximum Gasteiger partial charge on any atom is 0.0446 e. The fraction of sp³-hybridized carbons (Fsp3) is 0.353. The highest BCUT2D eigenvalue weighted by Crippen LogP contribution is 2.39. The van der Waals surface area contributed by atoms with Crippen LogP contribution in [0.1, 0.15) is 30.5 Å². The van der Waals surface area contributed by atoms with Gasteiger partial charge in [0.1, 0.15) is 0 Å². The van der Waals surface area contributed by atoms with Gasteiger partial charge in [-0.2, -0.15) is 0 Å². The highest BCUT2D eigenvalue weighted by molar-refractivity contribution is 8.00. The van der Waals surface area contributed by atoms with Gasteiger partial charge in [-0.1, -0.05) is 31.2 Å². The summed E-state index contributed by atoms with van der Waals surface area (Å²) in [5.41, 5.74) is 2.98. The maximum absolute atomic E-state index is 4.10. The minimum Gasteiger partial charge on any atom is -0.309 e. The lowest BCUT2D eigenvalue weighted by Gasteiger charge is -2.33. The van der Waals surface area contributed by atoms with Crippen LogP contribution in [0.3, 0.4) is 0 Å². The zero-order valence-electron chi connectivity index (χ0n) is 11.8. The van der Waals surface area contributed by atoms with E-state index in [9.17, 15) is 0 Å². The van der Waals surface area contributed by atoms with Crippen molar-refractivity contribution < 1.29 is 0 Å². The lowest BCUT2D eigenvalue weighted by Crippen LogP contribution is -2.34. The van der Waals surface area contributed by atoms with Gasteiger partial charge in [-0.15, -0.1) is 11.8 Å². The van der Waals surface area contributed by atoms with E-state index >= 15 is 0 Å². The van der Waals surface area contributed by atoms with E-state index in [1.54, 1.807) is 0 Å². The zero-order valence-corrected chi connectivity index (χ0v) is 12.6. The molecular formula is C17H20N2S. The Labute approximate surface area is 125 Å². The molecule has 0 spiro atoms. The molecule has 2 unspecified atom stereocenters. The molecule has 1 aliphatic rings. The standard InChI is InChI=1S/C17H20N2S/c1-2-19-17-15-6-4-3-5-13(15)7-8-16(17)20-14-9-11-18-12-10-14/h3-6,9-12,16-17,19H,2,7-8H2,1H3. The van der Waals surface area contributed by atoms with Crippen molar-refractivity contribution in [3.63, 3.8) is 0 Å². The molecule has 0 amide bonds. The highest BCUT2D eigenvalue weighted by Gasteiger charge is 2.29. The van der Waals surface area contributed by atoms with E-state index in [1.165, 1.54) is 28.9 Å². The van der Waals surface area contributed by atoms with Crippen LogP contribution < -0.4 is 5.32 Å². The molecule has 0 radical (unpaired) electrons. The van der Waals surface area contributed by atoms with Crippen molar-refractivity contribution in [3.05, 3.63) is 59.9 Å². The Kier molecular flexibility index (Phi) is 4.38. The fourth-order valence-electron chi connectivity index (χ4n) is 2.91.